The summed E-state index contributed by atoms with van der Waals surface area (Å²) in [5, 5.41) is 3.96. The fraction of sp³-hybridized carbons (Fsp3) is 0.0667. The van der Waals surface area contributed by atoms with Gasteiger partial charge in [0.05, 0.1) is 16.8 Å². The van der Waals surface area contributed by atoms with E-state index in [-0.39, 0.29) is 4.90 Å². The lowest BCUT2D eigenvalue weighted by atomic mass is 10.2. The van der Waals surface area contributed by atoms with Gasteiger partial charge < -0.3 is 0 Å². The van der Waals surface area contributed by atoms with Gasteiger partial charge in [-0.15, -0.1) is 0 Å². The lowest BCUT2D eigenvalue weighted by Gasteiger charge is -2.08. The second-order valence-electron chi connectivity index (χ2n) is 4.48. The molecular formula is C15H13N3O2S. The number of aromatic nitrogens is 3. The molecule has 0 saturated carbocycles. The molecule has 0 amide bonds. The van der Waals surface area contributed by atoms with E-state index < -0.39 is 10.0 Å². The first-order chi connectivity index (χ1) is 10.2. The Morgan fingerprint density at radius 2 is 1.67 bits per heavy atom. The van der Waals surface area contributed by atoms with E-state index in [4.69, 9.17) is 0 Å². The van der Waals surface area contributed by atoms with Crippen LogP contribution >= 0.6 is 0 Å². The van der Waals surface area contributed by atoms with Crippen LogP contribution in [0.2, 0.25) is 0 Å². The molecule has 1 aromatic carbocycles. The van der Waals surface area contributed by atoms with Crippen LogP contribution in [0.25, 0.3) is 0 Å². The second-order valence-corrected chi connectivity index (χ2v) is 6.25. The molecule has 0 atom stereocenters. The Morgan fingerprint density at radius 1 is 0.905 bits per heavy atom. The zero-order chi connectivity index (χ0) is 14.7. The minimum Gasteiger partial charge on any atom is -0.261 e. The first kappa shape index (κ1) is 13.5. The normalized spacial score (nSPS) is 11.4. The van der Waals surface area contributed by atoms with Crippen molar-refractivity contribution in [1.82, 2.24) is 14.2 Å². The Labute approximate surface area is 122 Å². The molecule has 0 radical (unpaired) electrons. The molecule has 0 unspecified atom stereocenters. The lowest BCUT2D eigenvalue weighted by Crippen LogP contribution is -2.17. The van der Waals surface area contributed by atoms with Crippen LogP contribution < -0.4 is 0 Å². The van der Waals surface area contributed by atoms with E-state index in [2.05, 4.69) is 10.1 Å². The number of hydrogen-bond acceptors (Lipinski definition) is 4. The van der Waals surface area contributed by atoms with Gasteiger partial charge in [0.1, 0.15) is 0 Å². The van der Waals surface area contributed by atoms with E-state index in [0.29, 0.717) is 12.1 Å². The molecule has 5 nitrogen and oxygen atoms in total. The number of benzene rings is 1. The van der Waals surface area contributed by atoms with E-state index in [9.17, 15) is 8.42 Å². The first-order valence-corrected chi connectivity index (χ1v) is 7.85. The zero-order valence-corrected chi connectivity index (χ0v) is 11.9. The van der Waals surface area contributed by atoms with Gasteiger partial charge in [0.25, 0.3) is 10.0 Å². The fourth-order valence-electron chi connectivity index (χ4n) is 2.04. The van der Waals surface area contributed by atoms with Crippen LogP contribution in [-0.4, -0.2) is 22.6 Å². The van der Waals surface area contributed by atoms with Gasteiger partial charge in [0.15, 0.2) is 0 Å². The molecule has 3 aromatic rings. The second kappa shape index (κ2) is 5.49. The average Bonchev–Trinajstić information content (AvgIpc) is 2.98. The molecule has 0 aliphatic carbocycles. The number of hydrogen-bond donors (Lipinski definition) is 0. The van der Waals surface area contributed by atoms with Crippen LogP contribution in [-0.2, 0) is 16.4 Å². The predicted molar refractivity (Wildman–Crippen MR) is 78.3 cm³/mol. The third-order valence-electron chi connectivity index (χ3n) is 3.04. The van der Waals surface area contributed by atoms with Crippen molar-refractivity contribution in [2.24, 2.45) is 0 Å². The maximum atomic E-state index is 12.6. The van der Waals surface area contributed by atoms with Crippen molar-refractivity contribution in [3.63, 3.8) is 0 Å². The third-order valence-corrected chi connectivity index (χ3v) is 4.69. The summed E-state index contributed by atoms with van der Waals surface area (Å²) in [5.41, 5.74) is 1.38. The highest BCUT2D eigenvalue weighted by atomic mass is 32.2. The minimum absolute atomic E-state index is 0.218. The molecule has 2 heterocycles. The van der Waals surface area contributed by atoms with Gasteiger partial charge in [-0.05, 0) is 30.3 Å². The topological polar surface area (TPSA) is 64.8 Å². The van der Waals surface area contributed by atoms with Crippen LogP contribution in [0.5, 0.6) is 0 Å². The molecule has 2 aromatic heterocycles. The fourth-order valence-corrected chi connectivity index (χ4v) is 3.35. The summed E-state index contributed by atoms with van der Waals surface area (Å²) >= 11 is 0. The van der Waals surface area contributed by atoms with Gasteiger partial charge in [0.2, 0.25) is 0 Å². The Hall–Kier alpha value is -2.47. The lowest BCUT2D eigenvalue weighted by molar-refractivity contribution is 0.577. The SMILES string of the molecule is O=S(=O)(c1ccccc1)n1nccc1Cc1ccccn1. The number of rotatable bonds is 4. The molecule has 0 fully saturated rings. The van der Waals surface area contributed by atoms with Crippen LogP contribution in [0.1, 0.15) is 11.4 Å². The van der Waals surface area contributed by atoms with E-state index in [1.54, 1.807) is 42.6 Å². The Bertz CT molecular complexity index is 828. The summed E-state index contributed by atoms with van der Waals surface area (Å²) in [7, 11) is -3.67. The molecule has 106 valence electrons. The summed E-state index contributed by atoms with van der Waals surface area (Å²) in [6.07, 6.45) is 3.58. The van der Waals surface area contributed by atoms with Crippen LogP contribution in [0.3, 0.4) is 0 Å². The predicted octanol–water partition coefficient (Wildman–Crippen LogP) is 2.11. The highest BCUT2D eigenvalue weighted by molar-refractivity contribution is 7.89. The maximum absolute atomic E-state index is 12.6. The largest absolute Gasteiger partial charge is 0.283 e. The highest BCUT2D eigenvalue weighted by Gasteiger charge is 2.20. The van der Waals surface area contributed by atoms with E-state index in [1.807, 2.05) is 18.2 Å². The van der Waals surface area contributed by atoms with Gasteiger partial charge in [-0.25, -0.2) is 0 Å². The van der Waals surface area contributed by atoms with Gasteiger partial charge in [-0.1, -0.05) is 24.3 Å². The van der Waals surface area contributed by atoms with E-state index >= 15 is 0 Å². The van der Waals surface area contributed by atoms with Crippen molar-refractivity contribution in [3.05, 3.63) is 78.4 Å². The number of nitrogens with zero attached hydrogens (tertiary/aromatic N) is 3. The summed E-state index contributed by atoms with van der Waals surface area (Å²) in [6, 6.07) is 15.5. The molecule has 3 rings (SSSR count). The van der Waals surface area contributed by atoms with Crippen molar-refractivity contribution >= 4 is 10.0 Å². The van der Waals surface area contributed by atoms with Gasteiger partial charge in [0, 0.05) is 18.3 Å². The first-order valence-electron chi connectivity index (χ1n) is 6.41. The molecule has 0 aliphatic rings. The Balaban J connectivity index is 2.00. The molecule has 0 aliphatic heterocycles. The molecule has 6 heteroatoms. The van der Waals surface area contributed by atoms with Gasteiger partial charge in [-0.2, -0.15) is 17.6 Å². The maximum Gasteiger partial charge on any atom is 0.283 e. The summed E-state index contributed by atoms with van der Waals surface area (Å²) in [4.78, 5) is 4.43. The molecule has 0 N–H and O–H groups in total. The van der Waals surface area contributed by atoms with Crippen molar-refractivity contribution in [1.29, 1.82) is 0 Å². The van der Waals surface area contributed by atoms with Gasteiger partial charge in [-0.3, -0.25) is 4.98 Å². The third kappa shape index (κ3) is 2.71. The van der Waals surface area contributed by atoms with Crippen molar-refractivity contribution in [2.75, 3.05) is 0 Å². The molecule has 21 heavy (non-hydrogen) atoms. The van der Waals surface area contributed by atoms with Crippen molar-refractivity contribution in [2.45, 2.75) is 11.3 Å². The van der Waals surface area contributed by atoms with Crippen molar-refractivity contribution in [3.8, 4) is 0 Å². The standard InChI is InChI=1S/C15H13N3O2S/c19-21(20,15-7-2-1-3-8-15)18-14(9-11-17-18)12-13-6-4-5-10-16-13/h1-11H,12H2. The monoisotopic (exact) mass is 299 g/mol. The molecule has 0 bridgehead atoms. The summed E-state index contributed by atoms with van der Waals surface area (Å²) < 4.78 is 26.2. The van der Waals surface area contributed by atoms with Crippen LogP contribution in [0.4, 0.5) is 0 Å². The molecule has 0 spiro atoms. The van der Waals surface area contributed by atoms with Crippen LogP contribution in [0.15, 0.2) is 71.9 Å². The Kier molecular flexibility index (Phi) is 3.53. The summed E-state index contributed by atoms with van der Waals surface area (Å²) in [5.74, 6) is 0. The van der Waals surface area contributed by atoms with E-state index in [0.717, 1.165) is 9.78 Å². The van der Waals surface area contributed by atoms with Gasteiger partial charge >= 0.3 is 0 Å². The minimum atomic E-state index is -3.67. The summed E-state index contributed by atoms with van der Waals surface area (Å²) in [6.45, 7) is 0. The van der Waals surface area contributed by atoms with E-state index in [1.165, 1.54) is 6.20 Å². The average molecular weight is 299 g/mol. The molecular weight excluding hydrogens is 286 g/mol. The Morgan fingerprint density at radius 3 is 2.38 bits per heavy atom. The highest BCUT2D eigenvalue weighted by Crippen LogP contribution is 2.16. The zero-order valence-electron chi connectivity index (χ0n) is 11.1. The molecule has 0 saturated heterocycles. The van der Waals surface area contributed by atoms with Crippen LogP contribution in [0, 0.1) is 0 Å². The number of pyridine rings is 1. The quantitative estimate of drug-likeness (QED) is 0.740. The van der Waals surface area contributed by atoms with Crippen molar-refractivity contribution < 1.29 is 8.42 Å². The smallest absolute Gasteiger partial charge is 0.261 e.